The Bertz CT molecular complexity index is 492. The predicted molar refractivity (Wildman–Crippen MR) is 63.5 cm³/mol. The number of hydrogen-bond acceptors (Lipinski definition) is 2. The van der Waals surface area contributed by atoms with Gasteiger partial charge in [-0.1, -0.05) is 12.8 Å². The second-order valence-electron chi connectivity index (χ2n) is 4.49. The molecule has 0 spiro atoms. The van der Waals surface area contributed by atoms with Crippen LogP contribution in [0.3, 0.4) is 0 Å². The van der Waals surface area contributed by atoms with Crippen molar-refractivity contribution in [2.45, 2.75) is 44.2 Å². The summed E-state index contributed by atoms with van der Waals surface area (Å²) < 4.78 is 37.2. The fourth-order valence-corrected chi connectivity index (χ4v) is 2.78. The third-order valence-electron chi connectivity index (χ3n) is 3.05. The number of halogens is 4. The zero-order chi connectivity index (χ0) is 13.3. The fourth-order valence-electron chi connectivity index (χ4n) is 2.27. The van der Waals surface area contributed by atoms with Gasteiger partial charge in [0.15, 0.2) is 0 Å². The van der Waals surface area contributed by atoms with E-state index < -0.39 is 18.2 Å². The van der Waals surface area contributed by atoms with Gasteiger partial charge in [-0.3, -0.25) is 4.79 Å². The maximum atomic E-state index is 12.3. The molecule has 0 aliphatic heterocycles. The van der Waals surface area contributed by atoms with E-state index in [9.17, 15) is 18.0 Å². The smallest absolute Gasteiger partial charge is 0.309 e. The summed E-state index contributed by atoms with van der Waals surface area (Å²) in [5.41, 5.74) is -0.0679. The van der Waals surface area contributed by atoms with Gasteiger partial charge in [0.2, 0.25) is 0 Å². The summed E-state index contributed by atoms with van der Waals surface area (Å²) in [4.78, 5) is 17.7. The molecule has 0 unspecified atom stereocenters. The monoisotopic (exact) mass is 324 g/mol. The minimum Gasteiger partial charge on any atom is -0.309 e. The first-order valence-corrected chi connectivity index (χ1v) is 6.51. The van der Waals surface area contributed by atoms with E-state index >= 15 is 0 Å². The Morgan fingerprint density at radius 2 is 1.94 bits per heavy atom. The molecule has 0 radical (unpaired) electrons. The highest BCUT2D eigenvalue weighted by atomic mass is 79.9. The van der Waals surface area contributed by atoms with Gasteiger partial charge in [0.25, 0.3) is 5.56 Å². The molecule has 1 saturated carbocycles. The van der Waals surface area contributed by atoms with E-state index in [0.717, 1.165) is 25.7 Å². The van der Waals surface area contributed by atoms with E-state index in [2.05, 4.69) is 25.9 Å². The molecular formula is C11H12BrF3N2O. The largest absolute Gasteiger partial charge is 0.396 e. The first-order valence-electron chi connectivity index (χ1n) is 5.72. The highest BCUT2D eigenvalue weighted by Gasteiger charge is 2.30. The van der Waals surface area contributed by atoms with Gasteiger partial charge >= 0.3 is 6.18 Å². The Hall–Kier alpha value is -0.850. The summed E-state index contributed by atoms with van der Waals surface area (Å²) in [5.74, 6) is -0.216. The van der Waals surface area contributed by atoms with E-state index in [1.807, 2.05) is 0 Å². The number of rotatable bonds is 2. The van der Waals surface area contributed by atoms with Gasteiger partial charge < -0.3 is 4.98 Å². The lowest BCUT2D eigenvalue weighted by atomic mass is 10.0. The van der Waals surface area contributed by atoms with Crippen molar-refractivity contribution in [2.75, 3.05) is 0 Å². The third kappa shape index (κ3) is 3.13. The maximum Gasteiger partial charge on any atom is 0.396 e. The van der Waals surface area contributed by atoms with Crippen molar-refractivity contribution in [3.8, 4) is 0 Å². The van der Waals surface area contributed by atoms with Crippen LogP contribution in [-0.4, -0.2) is 16.1 Å². The normalized spacial score (nSPS) is 17.3. The van der Waals surface area contributed by atoms with Gasteiger partial charge in [-0.25, -0.2) is 4.98 Å². The molecule has 0 saturated heterocycles. The van der Waals surface area contributed by atoms with Crippen LogP contribution in [0.1, 0.15) is 43.1 Å². The van der Waals surface area contributed by atoms with Crippen LogP contribution in [0, 0.1) is 0 Å². The second-order valence-corrected chi connectivity index (χ2v) is 5.28. The standard InChI is InChI=1S/C11H12BrF3N2O/c12-8-9(6-3-1-2-4-6)16-7(17-10(8)18)5-11(13,14)15/h6H,1-5H2,(H,16,17,18). The molecule has 1 aromatic heterocycles. The Labute approximate surface area is 110 Å². The molecule has 0 bridgehead atoms. The zero-order valence-corrected chi connectivity index (χ0v) is 11.1. The summed E-state index contributed by atoms with van der Waals surface area (Å²) in [5, 5.41) is 0. The average Bonchev–Trinajstić information content (AvgIpc) is 2.74. The van der Waals surface area contributed by atoms with Crippen LogP contribution in [0.2, 0.25) is 0 Å². The molecule has 2 rings (SSSR count). The minimum absolute atomic E-state index is 0.0914. The summed E-state index contributed by atoms with van der Waals surface area (Å²) in [7, 11) is 0. The minimum atomic E-state index is -4.36. The van der Waals surface area contributed by atoms with Crippen molar-refractivity contribution in [2.24, 2.45) is 0 Å². The van der Waals surface area contributed by atoms with Crippen LogP contribution < -0.4 is 5.56 Å². The summed E-state index contributed by atoms with van der Waals surface area (Å²) in [6, 6.07) is 0. The second kappa shape index (κ2) is 5.03. The molecule has 1 aliphatic carbocycles. The van der Waals surface area contributed by atoms with Crippen molar-refractivity contribution >= 4 is 15.9 Å². The Balaban J connectivity index is 2.36. The Morgan fingerprint density at radius 1 is 1.33 bits per heavy atom. The third-order valence-corrected chi connectivity index (χ3v) is 3.81. The van der Waals surface area contributed by atoms with Gasteiger partial charge in [-0.15, -0.1) is 0 Å². The molecule has 1 heterocycles. The zero-order valence-electron chi connectivity index (χ0n) is 9.48. The Kier molecular flexibility index (Phi) is 3.79. The first kappa shape index (κ1) is 13.6. The summed E-state index contributed by atoms with van der Waals surface area (Å²) in [6.45, 7) is 0. The lowest BCUT2D eigenvalue weighted by molar-refractivity contribution is -0.128. The van der Waals surface area contributed by atoms with Gasteiger partial charge in [0.05, 0.1) is 5.69 Å². The average molecular weight is 325 g/mol. The lowest BCUT2D eigenvalue weighted by Gasteiger charge is -2.12. The van der Waals surface area contributed by atoms with Gasteiger partial charge in [0, 0.05) is 5.92 Å². The molecule has 0 amide bonds. The molecule has 1 N–H and O–H groups in total. The summed E-state index contributed by atoms with van der Waals surface area (Å²) in [6.07, 6.45) is -1.76. The number of H-pyrrole nitrogens is 1. The molecule has 0 atom stereocenters. The molecule has 0 aromatic carbocycles. The van der Waals surface area contributed by atoms with Crippen LogP contribution in [0.25, 0.3) is 0 Å². The molecule has 18 heavy (non-hydrogen) atoms. The predicted octanol–water partition coefficient (Wildman–Crippen LogP) is 3.29. The number of aromatic amines is 1. The number of alkyl halides is 3. The highest BCUT2D eigenvalue weighted by Crippen LogP contribution is 2.35. The molecule has 100 valence electrons. The molecule has 1 fully saturated rings. The molecule has 3 nitrogen and oxygen atoms in total. The van der Waals surface area contributed by atoms with Gasteiger partial charge in [0.1, 0.15) is 16.7 Å². The lowest BCUT2D eigenvalue weighted by Crippen LogP contribution is -2.22. The van der Waals surface area contributed by atoms with Crippen molar-refractivity contribution in [3.05, 3.63) is 26.3 Å². The van der Waals surface area contributed by atoms with Crippen molar-refractivity contribution < 1.29 is 13.2 Å². The SMILES string of the molecule is O=c1[nH]c(CC(F)(F)F)nc(C2CCCC2)c1Br. The van der Waals surface area contributed by atoms with E-state index in [4.69, 9.17) is 0 Å². The number of aromatic nitrogens is 2. The Morgan fingerprint density at radius 3 is 2.50 bits per heavy atom. The van der Waals surface area contributed by atoms with Crippen LogP contribution in [0.4, 0.5) is 13.2 Å². The van der Waals surface area contributed by atoms with Gasteiger partial charge in [-0.2, -0.15) is 13.2 Å². The topological polar surface area (TPSA) is 45.8 Å². The van der Waals surface area contributed by atoms with Gasteiger partial charge in [-0.05, 0) is 28.8 Å². The first-order chi connectivity index (χ1) is 8.37. The van der Waals surface area contributed by atoms with E-state index in [1.54, 1.807) is 0 Å². The van der Waals surface area contributed by atoms with E-state index in [0.29, 0.717) is 5.69 Å². The maximum absolute atomic E-state index is 12.3. The highest BCUT2D eigenvalue weighted by molar-refractivity contribution is 9.10. The van der Waals surface area contributed by atoms with Crippen LogP contribution in [0.5, 0.6) is 0 Å². The number of nitrogens with zero attached hydrogens (tertiary/aromatic N) is 1. The molecule has 1 aromatic rings. The van der Waals surface area contributed by atoms with Crippen molar-refractivity contribution in [1.29, 1.82) is 0 Å². The number of hydrogen-bond donors (Lipinski definition) is 1. The van der Waals surface area contributed by atoms with Crippen LogP contribution in [0.15, 0.2) is 9.27 Å². The van der Waals surface area contributed by atoms with E-state index in [-0.39, 0.29) is 16.2 Å². The quantitative estimate of drug-likeness (QED) is 0.907. The fraction of sp³-hybridized carbons (Fsp3) is 0.636. The summed E-state index contributed by atoms with van der Waals surface area (Å²) >= 11 is 3.12. The molecule has 1 aliphatic rings. The molecule has 7 heteroatoms. The van der Waals surface area contributed by atoms with Crippen LogP contribution in [-0.2, 0) is 6.42 Å². The number of nitrogens with one attached hydrogen (secondary N) is 1. The van der Waals surface area contributed by atoms with Crippen molar-refractivity contribution in [3.63, 3.8) is 0 Å². The van der Waals surface area contributed by atoms with E-state index in [1.165, 1.54) is 0 Å². The molecular weight excluding hydrogens is 313 g/mol. The van der Waals surface area contributed by atoms with Crippen LogP contribution >= 0.6 is 15.9 Å². The van der Waals surface area contributed by atoms with Crippen molar-refractivity contribution in [1.82, 2.24) is 9.97 Å².